The molecule has 0 radical (unpaired) electrons. The van der Waals surface area contributed by atoms with Gasteiger partial charge >= 0.3 is 0 Å². The van der Waals surface area contributed by atoms with Gasteiger partial charge in [0.2, 0.25) is 5.91 Å². The highest BCUT2D eigenvalue weighted by atomic mass is 19.1. The number of aromatic nitrogens is 6. The van der Waals surface area contributed by atoms with Crippen LogP contribution in [0.25, 0.3) is 16.6 Å². The fraction of sp³-hybridized carbons (Fsp3) is 0.185. The van der Waals surface area contributed by atoms with E-state index in [-0.39, 0.29) is 39.7 Å². The number of carbonyl (C=O) groups excluding carboxylic acids is 1. The summed E-state index contributed by atoms with van der Waals surface area (Å²) in [5.41, 5.74) is 1.19. The van der Waals surface area contributed by atoms with Gasteiger partial charge in [-0.1, -0.05) is 6.58 Å². The molecule has 4 aromatic heterocycles. The second-order valence-electron chi connectivity index (χ2n) is 9.10. The van der Waals surface area contributed by atoms with E-state index in [1.165, 1.54) is 31.0 Å². The monoisotopic (exact) mass is 543 g/mol. The molecule has 1 aromatic carbocycles. The van der Waals surface area contributed by atoms with Crippen molar-refractivity contribution in [3.8, 4) is 11.5 Å². The van der Waals surface area contributed by atoms with Crippen molar-refractivity contribution in [2.75, 3.05) is 36.4 Å². The van der Waals surface area contributed by atoms with Crippen LogP contribution in [0.15, 0.2) is 62.0 Å². The van der Waals surface area contributed by atoms with E-state index >= 15 is 8.78 Å². The van der Waals surface area contributed by atoms with E-state index in [9.17, 15) is 4.79 Å². The maximum absolute atomic E-state index is 15.9. The van der Waals surface area contributed by atoms with Crippen molar-refractivity contribution in [1.29, 1.82) is 0 Å². The molecule has 0 bridgehead atoms. The fourth-order valence-corrected chi connectivity index (χ4v) is 4.58. The van der Waals surface area contributed by atoms with Crippen molar-refractivity contribution in [1.82, 2.24) is 34.4 Å². The first-order valence-corrected chi connectivity index (χ1v) is 12.4. The van der Waals surface area contributed by atoms with Gasteiger partial charge in [0.05, 0.1) is 22.8 Å². The van der Waals surface area contributed by atoms with Crippen LogP contribution in [0.5, 0.6) is 11.5 Å². The highest BCUT2D eigenvalue weighted by Crippen LogP contribution is 2.34. The van der Waals surface area contributed by atoms with Gasteiger partial charge in [0.25, 0.3) is 0 Å². The zero-order chi connectivity index (χ0) is 27.8. The van der Waals surface area contributed by atoms with Gasteiger partial charge < -0.3 is 19.9 Å². The molecule has 0 aliphatic carbocycles. The first-order chi connectivity index (χ1) is 19.4. The third-order valence-electron chi connectivity index (χ3n) is 6.74. The number of anilines is 3. The van der Waals surface area contributed by atoms with Gasteiger partial charge in [-0.3, -0.25) is 4.79 Å². The summed E-state index contributed by atoms with van der Waals surface area (Å²) >= 11 is 0. The van der Waals surface area contributed by atoms with Crippen molar-refractivity contribution in [3.05, 3.63) is 79.2 Å². The van der Waals surface area contributed by atoms with Gasteiger partial charge in [0.1, 0.15) is 30.0 Å². The molecule has 1 N–H and O–H groups in total. The highest BCUT2D eigenvalue weighted by molar-refractivity contribution is 5.93. The SMILES string of the molecule is C=CC(=O)N1CCN(c2ncc3ncnc(Nc4ccc(Oc5ccn6ncnc6c5)c(C)c4F)c3c2F)CC1. The molecular formula is C27H23F2N9O2. The number of pyridine rings is 2. The Morgan fingerprint density at radius 1 is 1.05 bits per heavy atom. The van der Waals surface area contributed by atoms with Gasteiger partial charge in [-0.25, -0.2) is 33.2 Å². The number of nitrogens with one attached hydrogen (secondary N) is 1. The molecule has 0 spiro atoms. The number of ether oxygens (including phenoxy) is 1. The zero-order valence-electron chi connectivity index (χ0n) is 21.4. The Morgan fingerprint density at radius 3 is 2.67 bits per heavy atom. The van der Waals surface area contributed by atoms with E-state index in [2.05, 4.69) is 36.9 Å². The quantitative estimate of drug-likeness (QED) is 0.317. The predicted molar refractivity (Wildman–Crippen MR) is 144 cm³/mol. The molecule has 1 fully saturated rings. The number of nitrogens with zero attached hydrogens (tertiary/aromatic N) is 8. The van der Waals surface area contributed by atoms with Crippen molar-refractivity contribution in [2.45, 2.75) is 6.92 Å². The molecule has 202 valence electrons. The summed E-state index contributed by atoms with van der Waals surface area (Å²) in [5, 5.41) is 7.04. The van der Waals surface area contributed by atoms with Crippen LogP contribution in [0.3, 0.4) is 0 Å². The Labute approximate surface area is 226 Å². The predicted octanol–water partition coefficient (Wildman–Crippen LogP) is 4.02. The number of carbonyl (C=O) groups is 1. The van der Waals surface area contributed by atoms with Crippen LogP contribution in [0.4, 0.5) is 26.1 Å². The maximum Gasteiger partial charge on any atom is 0.246 e. The fourth-order valence-electron chi connectivity index (χ4n) is 4.58. The minimum atomic E-state index is -0.634. The number of halogens is 2. The number of hydrogen-bond acceptors (Lipinski definition) is 9. The summed E-state index contributed by atoms with van der Waals surface area (Å²) in [6.45, 7) is 6.70. The van der Waals surface area contributed by atoms with Gasteiger partial charge in [-0.05, 0) is 31.2 Å². The second-order valence-corrected chi connectivity index (χ2v) is 9.10. The largest absolute Gasteiger partial charge is 0.457 e. The molecule has 0 atom stereocenters. The first kappa shape index (κ1) is 25.1. The summed E-state index contributed by atoms with van der Waals surface area (Å²) in [6.07, 6.45) is 7.09. The molecular weight excluding hydrogens is 520 g/mol. The minimum absolute atomic E-state index is 0.0797. The summed E-state index contributed by atoms with van der Waals surface area (Å²) in [4.78, 5) is 32.0. The zero-order valence-corrected chi connectivity index (χ0v) is 21.4. The van der Waals surface area contributed by atoms with Crippen molar-refractivity contribution < 1.29 is 18.3 Å². The van der Waals surface area contributed by atoms with Gasteiger partial charge in [-0.15, -0.1) is 0 Å². The minimum Gasteiger partial charge on any atom is -0.457 e. The first-order valence-electron chi connectivity index (χ1n) is 12.4. The molecule has 40 heavy (non-hydrogen) atoms. The van der Waals surface area contributed by atoms with Gasteiger partial charge in [0.15, 0.2) is 23.1 Å². The van der Waals surface area contributed by atoms with Crippen LogP contribution in [0.2, 0.25) is 0 Å². The molecule has 11 nitrogen and oxygen atoms in total. The molecule has 1 aliphatic heterocycles. The number of amides is 1. The Hall–Kier alpha value is -5.20. The normalized spacial score (nSPS) is 13.6. The lowest BCUT2D eigenvalue weighted by Crippen LogP contribution is -2.48. The van der Waals surface area contributed by atoms with Crippen LogP contribution in [0.1, 0.15) is 5.56 Å². The Balaban J connectivity index is 1.27. The lowest BCUT2D eigenvalue weighted by Gasteiger charge is -2.35. The molecule has 13 heteroatoms. The highest BCUT2D eigenvalue weighted by Gasteiger charge is 2.25. The van der Waals surface area contributed by atoms with Crippen molar-refractivity contribution in [2.24, 2.45) is 0 Å². The molecule has 0 saturated carbocycles. The number of piperazine rings is 1. The average Bonchev–Trinajstić information content (AvgIpc) is 3.45. The molecule has 1 aliphatic rings. The van der Waals surface area contributed by atoms with Crippen LogP contribution < -0.4 is 15.0 Å². The lowest BCUT2D eigenvalue weighted by molar-refractivity contribution is -0.126. The Kier molecular flexibility index (Phi) is 6.38. The number of hydrogen-bond donors (Lipinski definition) is 1. The Morgan fingerprint density at radius 2 is 1.88 bits per heavy atom. The van der Waals surface area contributed by atoms with E-state index in [1.54, 1.807) is 45.6 Å². The number of fused-ring (bicyclic) bond motifs is 2. The van der Waals surface area contributed by atoms with E-state index in [0.717, 1.165) is 0 Å². The summed E-state index contributed by atoms with van der Waals surface area (Å²) < 4.78 is 38.8. The van der Waals surface area contributed by atoms with Crippen LogP contribution in [-0.4, -0.2) is 66.5 Å². The third-order valence-corrected chi connectivity index (χ3v) is 6.74. The van der Waals surface area contributed by atoms with E-state index < -0.39 is 11.6 Å². The molecule has 6 rings (SSSR count). The number of rotatable bonds is 6. The van der Waals surface area contributed by atoms with Crippen LogP contribution >= 0.6 is 0 Å². The van der Waals surface area contributed by atoms with E-state index in [0.29, 0.717) is 43.3 Å². The average molecular weight is 544 g/mol. The molecule has 5 aromatic rings. The van der Waals surface area contributed by atoms with E-state index in [1.807, 2.05) is 0 Å². The van der Waals surface area contributed by atoms with Crippen molar-refractivity contribution in [3.63, 3.8) is 0 Å². The molecule has 1 amide bonds. The Bertz CT molecular complexity index is 1770. The number of benzene rings is 1. The molecule has 5 heterocycles. The van der Waals surface area contributed by atoms with Crippen LogP contribution in [-0.2, 0) is 4.79 Å². The molecule has 0 unspecified atom stereocenters. The van der Waals surface area contributed by atoms with E-state index in [4.69, 9.17) is 4.74 Å². The summed E-state index contributed by atoms with van der Waals surface area (Å²) in [7, 11) is 0. The standard InChI is InChI=1S/C27H23F2N9O2/c1-3-22(39)36-8-10-37(11-9-36)27-25(29)23-19(13-30-27)31-14-33-26(23)35-18-4-5-20(16(2)24(18)28)40-17-6-7-38-21(12-17)32-15-34-38/h3-7,12-15H,1,8-11H2,2H3,(H,31,33,35). The van der Waals surface area contributed by atoms with Gasteiger partial charge in [-0.2, -0.15) is 5.10 Å². The maximum atomic E-state index is 15.9. The smallest absolute Gasteiger partial charge is 0.246 e. The summed E-state index contributed by atoms with van der Waals surface area (Å²) in [5.74, 6) is -0.391. The topological polar surface area (TPSA) is 114 Å². The third kappa shape index (κ3) is 4.51. The second kappa shape index (κ2) is 10.2. The lowest BCUT2D eigenvalue weighted by atomic mass is 10.1. The molecule has 1 saturated heterocycles. The summed E-state index contributed by atoms with van der Waals surface area (Å²) in [6, 6.07) is 6.50. The van der Waals surface area contributed by atoms with Crippen LogP contribution in [0, 0.1) is 18.6 Å². The van der Waals surface area contributed by atoms with Crippen molar-refractivity contribution >= 4 is 39.8 Å². The van der Waals surface area contributed by atoms with Gasteiger partial charge in [0, 0.05) is 44.0 Å².